The molecular weight excluding hydrogens is 268 g/mol. The maximum Gasteiger partial charge on any atom is 0.305 e. The molecule has 1 amide bonds. The number of fused-ring (bicyclic) bond motifs is 1. The molecule has 2 N–H and O–H groups in total. The van der Waals surface area contributed by atoms with Crippen LogP contribution in [0.3, 0.4) is 0 Å². The van der Waals surface area contributed by atoms with Gasteiger partial charge in [-0.15, -0.1) is 0 Å². The van der Waals surface area contributed by atoms with Crippen molar-refractivity contribution in [2.75, 3.05) is 25.0 Å². The van der Waals surface area contributed by atoms with Gasteiger partial charge in [-0.3, -0.25) is 9.59 Å². The standard InChI is InChI=1S/C16H22N2O3/c1-2-21-15(19)8-5-10-18-16(20)13-9-11-17-14-7-4-3-6-12(13)14/h3-4,6-7,13,17H,2,5,8-11H2,1H3,(H,18,20). The molecule has 5 heteroatoms. The third kappa shape index (κ3) is 4.21. The quantitative estimate of drug-likeness (QED) is 0.621. The molecule has 0 spiro atoms. The van der Waals surface area contributed by atoms with Gasteiger partial charge in [0.1, 0.15) is 0 Å². The fraction of sp³-hybridized carbons (Fsp3) is 0.500. The second-order valence-corrected chi connectivity index (χ2v) is 5.05. The number of hydrogen-bond acceptors (Lipinski definition) is 4. The largest absolute Gasteiger partial charge is 0.466 e. The molecule has 0 radical (unpaired) electrons. The SMILES string of the molecule is CCOC(=O)CCCNC(=O)C1CCNc2ccccc21. The molecule has 0 aliphatic carbocycles. The van der Waals surface area contributed by atoms with Gasteiger partial charge >= 0.3 is 5.97 Å². The third-order valence-electron chi connectivity index (χ3n) is 3.56. The van der Waals surface area contributed by atoms with Gasteiger partial charge in [-0.05, 0) is 31.4 Å². The number of amides is 1. The minimum Gasteiger partial charge on any atom is -0.466 e. The number of benzene rings is 1. The average Bonchev–Trinajstić information content (AvgIpc) is 2.51. The Labute approximate surface area is 125 Å². The monoisotopic (exact) mass is 290 g/mol. The van der Waals surface area contributed by atoms with E-state index in [4.69, 9.17) is 4.74 Å². The van der Waals surface area contributed by atoms with E-state index in [1.165, 1.54) is 0 Å². The van der Waals surface area contributed by atoms with E-state index in [-0.39, 0.29) is 17.8 Å². The molecule has 1 aromatic rings. The molecule has 114 valence electrons. The summed E-state index contributed by atoms with van der Waals surface area (Å²) in [5.41, 5.74) is 2.09. The van der Waals surface area contributed by atoms with Crippen LogP contribution in [0.2, 0.25) is 0 Å². The molecule has 0 aromatic heterocycles. The van der Waals surface area contributed by atoms with Crippen molar-refractivity contribution in [3.05, 3.63) is 29.8 Å². The summed E-state index contributed by atoms with van der Waals surface area (Å²) in [5, 5.41) is 6.22. The molecule has 0 saturated heterocycles. The molecular formula is C16H22N2O3. The smallest absolute Gasteiger partial charge is 0.305 e. The molecule has 1 unspecified atom stereocenters. The normalized spacial score (nSPS) is 16.5. The van der Waals surface area contributed by atoms with Crippen LogP contribution < -0.4 is 10.6 Å². The van der Waals surface area contributed by atoms with Crippen LogP contribution in [0.1, 0.15) is 37.7 Å². The molecule has 1 aliphatic heterocycles. The van der Waals surface area contributed by atoms with Gasteiger partial charge in [0, 0.05) is 25.2 Å². The zero-order valence-electron chi connectivity index (χ0n) is 12.4. The zero-order chi connectivity index (χ0) is 15.1. The average molecular weight is 290 g/mol. The number of esters is 1. The highest BCUT2D eigenvalue weighted by Crippen LogP contribution is 2.31. The third-order valence-corrected chi connectivity index (χ3v) is 3.56. The summed E-state index contributed by atoms with van der Waals surface area (Å²) in [6.07, 6.45) is 1.74. The van der Waals surface area contributed by atoms with Crippen LogP contribution in [-0.4, -0.2) is 31.6 Å². The van der Waals surface area contributed by atoms with E-state index in [2.05, 4.69) is 10.6 Å². The fourth-order valence-electron chi connectivity index (χ4n) is 2.54. The Morgan fingerprint density at radius 3 is 3.00 bits per heavy atom. The summed E-state index contributed by atoms with van der Waals surface area (Å²) < 4.78 is 4.85. The molecule has 1 aliphatic rings. The van der Waals surface area contributed by atoms with E-state index in [1.807, 2.05) is 24.3 Å². The lowest BCUT2D eigenvalue weighted by Gasteiger charge is -2.25. The maximum atomic E-state index is 12.3. The van der Waals surface area contributed by atoms with E-state index in [0.717, 1.165) is 24.2 Å². The Kier molecular flexibility index (Phi) is 5.60. The van der Waals surface area contributed by atoms with Crippen molar-refractivity contribution < 1.29 is 14.3 Å². The highest BCUT2D eigenvalue weighted by atomic mass is 16.5. The fourth-order valence-corrected chi connectivity index (χ4v) is 2.54. The van der Waals surface area contributed by atoms with Gasteiger partial charge in [-0.2, -0.15) is 0 Å². The first-order valence-corrected chi connectivity index (χ1v) is 7.48. The molecule has 21 heavy (non-hydrogen) atoms. The van der Waals surface area contributed by atoms with Gasteiger partial charge in [0.2, 0.25) is 5.91 Å². The number of rotatable bonds is 6. The van der Waals surface area contributed by atoms with Crippen molar-refractivity contribution in [2.24, 2.45) is 0 Å². The van der Waals surface area contributed by atoms with Crippen molar-refractivity contribution in [1.29, 1.82) is 0 Å². The van der Waals surface area contributed by atoms with E-state index in [0.29, 0.717) is 26.0 Å². The predicted octanol–water partition coefficient (Wildman–Crippen LogP) is 2.05. The van der Waals surface area contributed by atoms with E-state index < -0.39 is 0 Å². The molecule has 1 atom stereocenters. The van der Waals surface area contributed by atoms with Crippen LogP contribution in [0.4, 0.5) is 5.69 Å². The number of anilines is 1. The molecule has 0 bridgehead atoms. The highest BCUT2D eigenvalue weighted by Gasteiger charge is 2.25. The Bertz CT molecular complexity index is 502. The van der Waals surface area contributed by atoms with Gasteiger partial charge in [0.15, 0.2) is 0 Å². The van der Waals surface area contributed by atoms with Crippen LogP contribution in [0, 0.1) is 0 Å². The minimum absolute atomic E-state index is 0.0350. The van der Waals surface area contributed by atoms with Crippen LogP contribution in [0.25, 0.3) is 0 Å². The van der Waals surface area contributed by atoms with E-state index >= 15 is 0 Å². The molecule has 0 fully saturated rings. The number of carbonyl (C=O) groups is 2. The van der Waals surface area contributed by atoms with Crippen LogP contribution in [0.15, 0.2) is 24.3 Å². The molecule has 0 saturated carbocycles. The van der Waals surface area contributed by atoms with Gasteiger partial charge in [-0.25, -0.2) is 0 Å². The Balaban J connectivity index is 1.81. The summed E-state index contributed by atoms with van der Waals surface area (Å²) in [5.74, 6) is -0.281. The number of ether oxygens (including phenoxy) is 1. The lowest BCUT2D eigenvalue weighted by atomic mass is 9.90. The minimum atomic E-state index is -0.209. The molecule has 1 aromatic carbocycles. The van der Waals surface area contributed by atoms with Crippen LogP contribution in [-0.2, 0) is 14.3 Å². The van der Waals surface area contributed by atoms with Crippen molar-refractivity contribution >= 4 is 17.6 Å². The zero-order valence-corrected chi connectivity index (χ0v) is 12.4. The van der Waals surface area contributed by atoms with Crippen molar-refractivity contribution in [3.63, 3.8) is 0 Å². The summed E-state index contributed by atoms with van der Waals surface area (Å²) in [4.78, 5) is 23.5. The first-order chi connectivity index (χ1) is 10.2. The molecule has 2 rings (SSSR count). The topological polar surface area (TPSA) is 67.4 Å². The number of nitrogens with one attached hydrogen (secondary N) is 2. The molecule has 1 heterocycles. The second kappa shape index (κ2) is 7.67. The summed E-state index contributed by atoms with van der Waals surface area (Å²) in [6, 6.07) is 7.90. The highest BCUT2D eigenvalue weighted by molar-refractivity contribution is 5.86. The van der Waals surface area contributed by atoms with Gasteiger partial charge in [0.25, 0.3) is 0 Å². The van der Waals surface area contributed by atoms with Gasteiger partial charge < -0.3 is 15.4 Å². The summed E-state index contributed by atoms with van der Waals surface area (Å²) in [6.45, 7) is 3.49. The number of hydrogen-bond donors (Lipinski definition) is 2. The number of carbonyl (C=O) groups excluding carboxylic acids is 2. The lowest BCUT2D eigenvalue weighted by Crippen LogP contribution is -2.33. The first-order valence-electron chi connectivity index (χ1n) is 7.48. The summed E-state index contributed by atoms with van der Waals surface area (Å²) >= 11 is 0. The van der Waals surface area contributed by atoms with Crippen LogP contribution >= 0.6 is 0 Å². The Morgan fingerprint density at radius 1 is 1.38 bits per heavy atom. The predicted molar refractivity (Wildman–Crippen MR) is 81.2 cm³/mol. The van der Waals surface area contributed by atoms with E-state index in [1.54, 1.807) is 6.92 Å². The number of para-hydroxylation sites is 1. The van der Waals surface area contributed by atoms with Crippen LogP contribution in [0.5, 0.6) is 0 Å². The van der Waals surface area contributed by atoms with Crippen molar-refractivity contribution in [1.82, 2.24) is 5.32 Å². The van der Waals surface area contributed by atoms with E-state index in [9.17, 15) is 9.59 Å². The Hall–Kier alpha value is -2.04. The van der Waals surface area contributed by atoms with Gasteiger partial charge in [0.05, 0.1) is 12.5 Å². The maximum absolute atomic E-state index is 12.3. The second-order valence-electron chi connectivity index (χ2n) is 5.05. The first kappa shape index (κ1) is 15.4. The Morgan fingerprint density at radius 2 is 2.19 bits per heavy atom. The van der Waals surface area contributed by atoms with Crippen molar-refractivity contribution in [3.8, 4) is 0 Å². The lowest BCUT2D eigenvalue weighted by molar-refractivity contribution is -0.143. The summed E-state index contributed by atoms with van der Waals surface area (Å²) in [7, 11) is 0. The molecule has 5 nitrogen and oxygen atoms in total. The van der Waals surface area contributed by atoms with Gasteiger partial charge in [-0.1, -0.05) is 18.2 Å². The van der Waals surface area contributed by atoms with Crippen molar-refractivity contribution in [2.45, 2.75) is 32.1 Å².